The van der Waals surface area contributed by atoms with Gasteiger partial charge in [-0.1, -0.05) is 0 Å². The first kappa shape index (κ1) is 10.4. The molecule has 2 nitrogen and oxygen atoms in total. The van der Waals surface area contributed by atoms with Gasteiger partial charge in [-0.15, -0.1) is 11.3 Å². The molecular weight excluding hydrogens is 236 g/mol. The highest BCUT2D eigenvalue weighted by molar-refractivity contribution is 7.14. The highest BCUT2D eigenvalue weighted by Gasteiger charge is 2.19. The van der Waals surface area contributed by atoms with E-state index in [0.717, 1.165) is 6.54 Å². The van der Waals surface area contributed by atoms with Gasteiger partial charge in [-0.25, -0.2) is 4.98 Å². The predicted molar refractivity (Wildman–Crippen MR) is 70.1 cm³/mol. The van der Waals surface area contributed by atoms with Gasteiger partial charge in [0.25, 0.3) is 0 Å². The molecule has 1 aliphatic rings. The van der Waals surface area contributed by atoms with Crippen LogP contribution >= 0.6 is 22.7 Å². The number of aryl methyl sites for hydroxylation is 1. The maximum absolute atomic E-state index is 4.76. The minimum Gasteiger partial charge on any atom is -0.309 e. The minimum atomic E-state index is 0.490. The fourth-order valence-corrected chi connectivity index (χ4v) is 3.95. The van der Waals surface area contributed by atoms with Gasteiger partial charge in [0.2, 0.25) is 0 Å². The summed E-state index contributed by atoms with van der Waals surface area (Å²) in [5.41, 5.74) is 3.87. The topological polar surface area (TPSA) is 24.9 Å². The summed E-state index contributed by atoms with van der Waals surface area (Å²) in [5, 5.41) is 11.2. The molecular formula is C12H14N2S2. The van der Waals surface area contributed by atoms with Crippen LogP contribution in [0.1, 0.15) is 30.1 Å². The Morgan fingerprint density at radius 1 is 1.38 bits per heavy atom. The van der Waals surface area contributed by atoms with Crippen molar-refractivity contribution in [2.45, 2.75) is 25.8 Å². The molecule has 1 unspecified atom stereocenters. The number of hydrogen-bond donors (Lipinski definition) is 1. The van der Waals surface area contributed by atoms with Crippen molar-refractivity contribution in [1.29, 1.82) is 0 Å². The molecule has 1 atom stereocenters. The molecule has 0 aliphatic carbocycles. The second kappa shape index (κ2) is 4.28. The van der Waals surface area contributed by atoms with E-state index in [1.165, 1.54) is 34.7 Å². The molecule has 3 rings (SSSR count). The quantitative estimate of drug-likeness (QED) is 0.881. The lowest BCUT2D eigenvalue weighted by Gasteiger charge is -2.04. The molecule has 0 aromatic carbocycles. The predicted octanol–water partition coefficient (Wildman–Crippen LogP) is 3.60. The van der Waals surface area contributed by atoms with Crippen molar-refractivity contribution in [1.82, 2.24) is 10.3 Å². The van der Waals surface area contributed by atoms with Crippen LogP contribution in [0.25, 0.3) is 10.6 Å². The van der Waals surface area contributed by atoms with Gasteiger partial charge in [-0.05, 0) is 37.3 Å². The van der Waals surface area contributed by atoms with Crippen LogP contribution in [0.4, 0.5) is 0 Å². The fourth-order valence-electron chi connectivity index (χ4n) is 2.09. The van der Waals surface area contributed by atoms with Crippen molar-refractivity contribution < 1.29 is 0 Å². The van der Waals surface area contributed by atoms with Crippen molar-refractivity contribution in [3.8, 4) is 10.6 Å². The number of nitrogens with one attached hydrogen (secondary N) is 1. The number of thiophene rings is 1. The monoisotopic (exact) mass is 250 g/mol. The third kappa shape index (κ3) is 1.81. The van der Waals surface area contributed by atoms with Gasteiger partial charge in [0, 0.05) is 16.3 Å². The summed E-state index contributed by atoms with van der Waals surface area (Å²) in [6.07, 6.45) is 2.50. The molecule has 84 valence electrons. The van der Waals surface area contributed by atoms with E-state index in [-0.39, 0.29) is 0 Å². The zero-order valence-corrected chi connectivity index (χ0v) is 10.8. The summed E-state index contributed by atoms with van der Waals surface area (Å²) in [5.74, 6) is 0. The molecule has 0 radical (unpaired) electrons. The van der Waals surface area contributed by atoms with Crippen LogP contribution in [0, 0.1) is 6.92 Å². The van der Waals surface area contributed by atoms with Gasteiger partial charge in [0.05, 0.1) is 11.7 Å². The summed E-state index contributed by atoms with van der Waals surface area (Å²) in [6, 6.07) is 0.490. The molecule has 1 fully saturated rings. The fraction of sp³-hybridized carbons (Fsp3) is 0.417. The maximum Gasteiger partial charge on any atom is 0.124 e. The molecule has 0 bridgehead atoms. The van der Waals surface area contributed by atoms with Crippen LogP contribution in [-0.4, -0.2) is 11.5 Å². The van der Waals surface area contributed by atoms with Crippen LogP contribution < -0.4 is 5.32 Å². The molecule has 0 amide bonds. The first-order chi connectivity index (χ1) is 7.84. The first-order valence-corrected chi connectivity index (χ1v) is 7.39. The van der Waals surface area contributed by atoms with Crippen molar-refractivity contribution in [3.05, 3.63) is 27.4 Å². The van der Waals surface area contributed by atoms with Gasteiger partial charge >= 0.3 is 0 Å². The zero-order chi connectivity index (χ0) is 11.0. The Hall–Kier alpha value is -0.710. The van der Waals surface area contributed by atoms with E-state index < -0.39 is 0 Å². The minimum absolute atomic E-state index is 0.490. The summed E-state index contributed by atoms with van der Waals surface area (Å²) in [6.45, 7) is 3.29. The van der Waals surface area contributed by atoms with Crippen LogP contribution in [0.3, 0.4) is 0 Å². The molecule has 1 aliphatic heterocycles. The van der Waals surface area contributed by atoms with E-state index >= 15 is 0 Å². The molecule has 0 saturated carbocycles. The molecule has 0 spiro atoms. The number of rotatable bonds is 2. The van der Waals surface area contributed by atoms with Crippen LogP contribution in [0.2, 0.25) is 0 Å². The number of thiazole rings is 1. The van der Waals surface area contributed by atoms with E-state index in [4.69, 9.17) is 4.98 Å². The molecule has 2 aromatic rings. The average molecular weight is 250 g/mol. The smallest absolute Gasteiger partial charge is 0.124 e. The molecule has 1 N–H and O–H groups in total. The van der Waals surface area contributed by atoms with E-state index in [1.807, 2.05) is 0 Å². The number of hydrogen-bond acceptors (Lipinski definition) is 4. The third-order valence-corrected chi connectivity index (χ3v) is 4.78. The first-order valence-electron chi connectivity index (χ1n) is 5.56. The maximum atomic E-state index is 4.76. The summed E-state index contributed by atoms with van der Waals surface area (Å²) >= 11 is 3.52. The van der Waals surface area contributed by atoms with Crippen LogP contribution in [0.15, 0.2) is 16.1 Å². The molecule has 4 heteroatoms. The van der Waals surface area contributed by atoms with Crippen molar-refractivity contribution >= 4 is 22.7 Å². The zero-order valence-electron chi connectivity index (χ0n) is 9.19. The Labute approximate surface area is 103 Å². The van der Waals surface area contributed by atoms with Gasteiger partial charge < -0.3 is 5.32 Å². The highest BCUT2D eigenvalue weighted by Crippen LogP contribution is 2.32. The lowest BCUT2D eigenvalue weighted by molar-refractivity contribution is 0.632. The van der Waals surface area contributed by atoms with E-state index in [9.17, 15) is 0 Å². The Kier molecular flexibility index (Phi) is 2.79. The Morgan fingerprint density at radius 3 is 3.00 bits per heavy atom. The van der Waals surface area contributed by atoms with Crippen molar-refractivity contribution in [2.75, 3.05) is 6.54 Å². The SMILES string of the molecule is Cc1cscc1-c1nc(C2CCCN2)cs1. The van der Waals surface area contributed by atoms with Crippen LogP contribution in [0.5, 0.6) is 0 Å². The molecule has 16 heavy (non-hydrogen) atoms. The average Bonchev–Trinajstić information content (AvgIpc) is 2.96. The Balaban J connectivity index is 1.90. The lowest BCUT2D eigenvalue weighted by Crippen LogP contribution is -2.12. The van der Waals surface area contributed by atoms with Gasteiger partial charge in [-0.2, -0.15) is 11.3 Å². The highest BCUT2D eigenvalue weighted by atomic mass is 32.1. The largest absolute Gasteiger partial charge is 0.309 e. The number of nitrogens with zero attached hydrogens (tertiary/aromatic N) is 1. The standard InChI is InChI=1S/C12H14N2S2/c1-8-5-15-6-9(8)12-14-11(7-16-12)10-3-2-4-13-10/h5-7,10,13H,2-4H2,1H3. The molecule has 3 heterocycles. The van der Waals surface area contributed by atoms with E-state index in [1.54, 1.807) is 22.7 Å². The van der Waals surface area contributed by atoms with Gasteiger partial charge in [-0.3, -0.25) is 0 Å². The van der Waals surface area contributed by atoms with Gasteiger partial charge in [0.15, 0.2) is 0 Å². The second-order valence-corrected chi connectivity index (χ2v) is 5.80. The lowest BCUT2D eigenvalue weighted by atomic mass is 10.2. The third-order valence-electron chi connectivity index (χ3n) is 3.03. The van der Waals surface area contributed by atoms with E-state index in [2.05, 4.69) is 28.4 Å². The summed E-state index contributed by atoms with van der Waals surface area (Å²) < 4.78 is 0. The molecule has 1 saturated heterocycles. The van der Waals surface area contributed by atoms with E-state index in [0.29, 0.717) is 6.04 Å². The molecule has 2 aromatic heterocycles. The summed E-state index contributed by atoms with van der Waals surface area (Å²) in [7, 11) is 0. The van der Waals surface area contributed by atoms with Crippen molar-refractivity contribution in [2.24, 2.45) is 0 Å². The van der Waals surface area contributed by atoms with Crippen LogP contribution in [-0.2, 0) is 0 Å². The Bertz CT molecular complexity index is 481. The Morgan fingerprint density at radius 2 is 2.31 bits per heavy atom. The number of aromatic nitrogens is 1. The van der Waals surface area contributed by atoms with Gasteiger partial charge in [0.1, 0.15) is 5.01 Å². The second-order valence-electron chi connectivity index (χ2n) is 4.19. The van der Waals surface area contributed by atoms with Crippen molar-refractivity contribution in [3.63, 3.8) is 0 Å². The summed E-state index contributed by atoms with van der Waals surface area (Å²) in [4.78, 5) is 4.76. The normalized spacial score (nSPS) is 20.4.